The molecule has 0 atom stereocenters. The number of benzene rings is 1. The lowest BCUT2D eigenvalue weighted by atomic mass is 10.1. The van der Waals surface area contributed by atoms with Crippen molar-refractivity contribution in [3.63, 3.8) is 0 Å². The molecule has 3 nitrogen and oxygen atoms in total. The van der Waals surface area contributed by atoms with Crippen LogP contribution in [0.2, 0.25) is 0 Å². The molecule has 0 aliphatic heterocycles. The zero-order valence-corrected chi connectivity index (χ0v) is 8.46. The summed E-state index contributed by atoms with van der Waals surface area (Å²) >= 11 is 0. The molecule has 0 aliphatic rings. The number of rotatable bonds is 2. The molecule has 3 heteroatoms. The summed E-state index contributed by atoms with van der Waals surface area (Å²) in [7, 11) is 0. The van der Waals surface area contributed by atoms with E-state index in [1.807, 2.05) is 53.4 Å². The van der Waals surface area contributed by atoms with E-state index in [0.717, 1.165) is 11.3 Å². The molecule has 0 bridgehead atoms. The lowest BCUT2D eigenvalue weighted by Gasteiger charge is -2.04. The minimum absolute atomic E-state index is 0.619. The van der Waals surface area contributed by atoms with Crippen LogP contribution in [0.1, 0.15) is 12.5 Å². The molecule has 0 fully saturated rings. The van der Waals surface area contributed by atoms with Gasteiger partial charge in [0.1, 0.15) is 0 Å². The van der Waals surface area contributed by atoms with Crippen LogP contribution in [0.15, 0.2) is 53.9 Å². The van der Waals surface area contributed by atoms with Crippen LogP contribution in [0.3, 0.4) is 0 Å². The summed E-state index contributed by atoms with van der Waals surface area (Å²) in [6.45, 7) is 1.77. The van der Waals surface area contributed by atoms with Gasteiger partial charge in [0, 0.05) is 18.1 Å². The van der Waals surface area contributed by atoms with Crippen LogP contribution >= 0.6 is 0 Å². The molecule has 0 radical (unpaired) electrons. The first-order valence-corrected chi connectivity index (χ1v) is 4.73. The van der Waals surface area contributed by atoms with Crippen LogP contribution in [-0.2, 0) is 0 Å². The number of hydrogen-bond donors (Lipinski definition) is 1. The second kappa shape index (κ2) is 4.00. The molecule has 2 aromatic rings. The Kier molecular flexibility index (Phi) is 2.54. The van der Waals surface area contributed by atoms with Gasteiger partial charge in [0.15, 0.2) is 0 Å². The highest BCUT2D eigenvalue weighted by atomic mass is 16.4. The van der Waals surface area contributed by atoms with E-state index in [-0.39, 0.29) is 0 Å². The van der Waals surface area contributed by atoms with Crippen molar-refractivity contribution < 1.29 is 5.21 Å². The Morgan fingerprint density at radius 2 is 1.73 bits per heavy atom. The minimum atomic E-state index is 0.619. The van der Waals surface area contributed by atoms with Crippen molar-refractivity contribution in [2.24, 2.45) is 5.16 Å². The average molecular weight is 200 g/mol. The van der Waals surface area contributed by atoms with Crippen LogP contribution in [0.5, 0.6) is 0 Å². The van der Waals surface area contributed by atoms with E-state index in [1.54, 1.807) is 6.92 Å². The Bertz CT molecular complexity index is 455. The summed E-state index contributed by atoms with van der Waals surface area (Å²) in [5.74, 6) is 0. The number of nitrogens with zero attached hydrogens (tertiary/aromatic N) is 2. The van der Waals surface area contributed by atoms with Gasteiger partial charge in [-0.2, -0.15) is 0 Å². The predicted octanol–water partition coefficient (Wildman–Crippen LogP) is 2.68. The molecule has 1 aromatic heterocycles. The molecule has 76 valence electrons. The van der Waals surface area contributed by atoms with E-state index >= 15 is 0 Å². The van der Waals surface area contributed by atoms with Crippen LogP contribution in [0, 0.1) is 0 Å². The third-order valence-corrected chi connectivity index (χ3v) is 2.34. The Balaban J connectivity index is 2.33. The Labute approximate surface area is 88.3 Å². The summed E-state index contributed by atoms with van der Waals surface area (Å²) in [5.41, 5.74) is 2.64. The maximum atomic E-state index is 8.62. The van der Waals surface area contributed by atoms with E-state index in [1.165, 1.54) is 0 Å². The molecule has 15 heavy (non-hydrogen) atoms. The molecule has 1 N–H and O–H groups in total. The lowest BCUT2D eigenvalue weighted by molar-refractivity contribution is 0.319. The van der Waals surface area contributed by atoms with Crippen LogP contribution in [0.4, 0.5) is 0 Å². The van der Waals surface area contributed by atoms with E-state index < -0.39 is 0 Å². The predicted molar refractivity (Wildman–Crippen MR) is 59.8 cm³/mol. The molecule has 0 aliphatic carbocycles. The second-order valence-corrected chi connectivity index (χ2v) is 3.32. The number of oxime groups is 1. The molecule has 2 rings (SSSR count). The summed E-state index contributed by atoms with van der Waals surface area (Å²) < 4.78 is 2.02. The van der Waals surface area contributed by atoms with E-state index in [4.69, 9.17) is 5.21 Å². The van der Waals surface area contributed by atoms with Crippen molar-refractivity contribution in [2.75, 3.05) is 0 Å². The average Bonchev–Trinajstić information content (AvgIpc) is 2.82. The van der Waals surface area contributed by atoms with Gasteiger partial charge < -0.3 is 9.77 Å². The normalized spacial score (nSPS) is 11.7. The lowest BCUT2D eigenvalue weighted by Crippen LogP contribution is -1.95. The molecule has 0 saturated carbocycles. The second-order valence-electron chi connectivity index (χ2n) is 3.32. The third kappa shape index (κ3) is 1.91. The summed E-state index contributed by atoms with van der Waals surface area (Å²) in [5, 5.41) is 11.8. The van der Waals surface area contributed by atoms with Crippen molar-refractivity contribution in [1.82, 2.24) is 4.57 Å². The Hall–Kier alpha value is -2.03. The standard InChI is InChI=1S/C12H12N2O/c1-10(13-15)11-4-6-12(7-5-11)14-8-2-3-9-14/h2-9,15H,1H3/b13-10-. The minimum Gasteiger partial charge on any atom is -0.411 e. The van der Waals surface area contributed by atoms with Gasteiger partial charge in [-0.3, -0.25) is 0 Å². The molecular weight excluding hydrogens is 188 g/mol. The highest BCUT2D eigenvalue weighted by molar-refractivity contribution is 5.98. The van der Waals surface area contributed by atoms with E-state index in [0.29, 0.717) is 5.71 Å². The molecule has 0 spiro atoms. The monoisotopic (exact) mass is 200 g/mol. The Morgan fingerprint density at radius 3 is 2.27 bits per heavy atom. The highest BCUT2D eigenvalue weighted by Crippen LogP contribution is 2.10. The van der Waals surface area contributed by atoms with Crippen molar-refractivity contribution in [2.45, 2.75) is 6.92 Å². The van der Waals surface area contributed by atoms with Gasteiger partial charge in [-0.25, -0.2) is 0 Å². The van der Waals surface area contributed by atoms with E-state index in [9.17, 15) is 0 Å². The maximum Gasteiger partial charge on any atom is 0.0836 e. The van der Waals surface area contributed by atoms with Gasteiger partial charge in [0.2, 0.25) is 0 Å². The maximum absolute atomic E-state index is 8.62. The van der Waals surface area contributed by atoms with Gasteiger partial charge in [-0.1, -0.05) is 17.3 Å². The first kappa shape index (κ1) is 9.52. The van der Waals surface area contributed by atoms with Crippen LogP contribution < -0.4 is 0 Å². The number of hydrogen-bond acceptors (Lipinski definition) is 2. The van der Waals surface area contributed by atoms with Gasteiger partial charge >= 0.3 is 0 Å². The molecule has 1 aromatic carbocycles. The third-order valence-electron chi connectivity index (χ3n) is 2.34. The molecule has 0 saturated heterocycles. The van der Waals surface area contributed by atoms with Gasteiger partial charge in [0.05, 0.1) is 5.71 Å². The van der Waals surface area contributed by atoms with Gasteiger partial charge in [-0.15, -0.1) is 0 Å². The van der Waals surface area contributed by atoms with Crippen LogP contribution in [-0.4, -0.2) is 15.5 Å². The molecule has 0 amide bonds. The summed E-state index contributed by atoms with van der Waals surface area (Å²) in [4.78, 5) is 0. The topological polar surface area (TPSA) is 37.5 Å². The zero-order valence-electron chi connectivity index (χ0n) is 8.46. The smallest absolute Gasteiger partial charge is 0.0836 e. The number of aromatic nitrogens is 1. The first-order chi connectivity index (χ1) is 7.31. The van der Waals surface area contributed by atoms with Crippen LogP contribution in [0.25, 0.3) is 5.69 Å². The molecular formula is C12H12N2O. The van der Waals surface area contributed by atoms with Crippen molar-refractivity contribution in [3.8, 4) is 5.69 Å². The summed E-state index contributed by atoms with van der Waals surface area (Å²) in [6.07, 6.45) is 3.98. The SMILES string of the molecule is C/C(=N/O)c1ccc(-n2cccc2)cc1. The summed E-state index contributed by atoms with van der Waals surface area (Å²) in [6, 6.07) is 11.8. The zero-order chi connectivity index (χ0) is 10.7. The van der Waals surface area contributed by atoms with Gasteiger partial charge in [0.25, 0.3) is 0 Å². The van der Waals surface area contributed by atoms with Crippen molar-refractivity contribution in [1.29, 1.82) is 0 Å². The molecule has 0 unspecified atom stereocenters. The quantitative estimate of drug-likeness (QED) is 0.451. The molecule has 1 heterocycles. The largest absolute Gasteiger partial charge is 0.411 e. The fourth-order valence-electron chi connectivity index (χ4n) is 1.44. The van der Waals surface area contributed by atoms with Gasteiger partial charge in [-0.05, 0) is 36.8 Å². The Morgan fingerprint density at radius 1 is 1.13 bits per heavy atom. The fourth-order valence-corrected chi connectivity index (χ4v) is 1.44. The fraction of sp³-hybridized carbons (Fsp3) is 0.0833. The van der Waals surface area contributed by atoms with Crippen molar-refractivity contribution >= 4 is 5.71 Å². The first-order valence-electron chi connectivity index (χ1n) is 4.73. The van der Waals surface area contributed by atoms with E-state index in [2.05, 4.69) is 5.16 Å². The van der Waals surface area contributed by atoms with Crippen molar-refractivity contribution in [3.05, 3.63) is 54.4 Å². The highest BCUT2D eigenvalue weighted by Gasteiger charge is 1.98.